The van der Waals surface area contributed by atoms with Crippen molar-refractivity contribution in [2.45, 2.75) is 86.1 Å². The van der Waals surface area contributed by atoms with Crippen LogP contribution in [-0.2, 0) is 31.7 Å². The van der Waals surface area contributed by atoms with Crippen molar-refractivity contribution in [2.24, 2.45) is 0 Å². The molecule has 4 atom stereocenters. The summed E-state index contributed by atoms with van der Waals surface area (Å²) in [6.45, 7) is -0.613. The van der Waals surface area contributed by atoms with Gasteiger partial charge in [0.05, 0.1) is 42.5 Å². The Bertz CT molecular complexity index is 1830. The highest BCUT2D eigenvalue weighted by molar-refractivity contribution is 7.89. The van der Waals surface area contributed by atoms with Crippen molar-refractivity contribution in [1.29, 1.82) is 0 Å². The molecule has 0 radical (unpaired) electrons. The molecule has 5 rings (SSSR count). The summed E-state index contributed by atoms with van der Waals surface area (Å²) in [6.07, 6.45) is 1.35. The van der Waals surface area contributed by atoms with Crippen molar-refractivity contribution >= 4 is 27.7 Å². The van der Waals surface area contributed by atoms with E-state index in [2.05, 4.69) is 15.6 Å². The molecule has 2 fully saturated rings. The smallest absolute Gasteiger partial charge is 0.314 e. The number of aliphatic hydroxyl groups is 5. The van der Waals surface area contributed by atoms with E-state index in [0.29, 0.717) is 23.4 Å². The number of urea groups is 1. The molecule has 302 valence electrons. The Morgan fingerprint density at radius 1 is 1.00 bits per heavy atom. The van der Waals surface area contributed by atoms with Crippen LogP contribution in [0.5, 0.6) is 5.75 Å². The van der Waals surface area contributed by atoms with Gasteiger partial charge in [-0.05, 0) is 80.0 Å². The van der Waals surface area contributed by atoms with Gasteiger partial charge in [0.2, 0.25) is 10.0 Å². The summed E-state index contributed by atoms with van der Waals surface area (Å²) >= 11 is 6.60. The van der Waals surface area contributed by atoms with Crippen LogP contribution in [0.25, 0.3) is 11.1 Å². The van der Waals surface area contributed by atoms with Gasteiger partial charge in [0.1, 0.15) is 24.1 Å². The SMILES string of the molecule is COCCN(CCCCNC(=O)NCC(O)C(O)C(O)C(O)CO)S(=O)(=O)c1ccc(Cl)c(COC2(c3cnccc3-c3ccccc3OC3CC3)CC2)c1. The van der Waals surface area contributed by atoms with E-state index in [9.17, 15) is 33.6 Å². The van der Waals surface area contributed by atoms with E-state index in [1.165, 1.54) is 23.5 Å². The average Bonchev–Trinajstić information content (AvgIpc) is 4.14. The maximum absolute atomic E-state index is 13.9. The monoisotopic (exact) mass is 806 g/mol. The minimum absolute atomic E-state index is 0.0551. The number of carbonyl (C=O) groups is 1. The van der Waals surface area contributed by atoms with E-state index in [1.807, 2.05) is 36.5 Å². The van der Waals surface area contributed by atoms with Gasteiger partial charge in [-0.2, -0.15) is 4.31 Å². The Morgan fingerprint density at radius 2 is 1.75 bits per heavy atom. The molecule has 0 aliphatic heterocycles. The van der Waals surface area contributed by atoms with Gasteiger partial charge < -0.3 is 50.4 Å². The average molecular weight is 807 g/mol. The van der Waals surface area contributed by atoms with E-state index in [-0.39, 0.29) is 43.8 Å². The first-order chi connectivity index (χ1) is 26.4. The second kappa shape index (κ2) is 19.6. The van der Waals surface area contributed by atoms with Crippen molar-refractivity contribution in [3.8, 4) is 16.9 Å². The fraction of sp³-hybridized carbons (Fsp3) is 0.526. The summed E-state index contributed by atoms with van der Waals surface area (Å²) in [7, 11) is -2.51. The van der Waals surface area contributed by atoms with Gasteiger partial charge in [0, 0.05) is 61.8 Å². The zero-order valence-corrected chi connectivity index (χ0v) is 32.3. The Hall–Kier alpha value is -3.42. The minimum Gasteiger partial charge on any atom is -0.490 e. The van der Waals surface area contributed by atoms with Crippen LogP contribution >= 0.6 is 11.6 Å². The molecule has 2 saturated carbocycles. The van der Waals surface area contributed by atoms with E-state index in [4.69, 9.17) is 30.9 Å². The third-order valence-electron chi connectivity index (χ3n) is 9.63. The minimum atomic E-state index is -3.99. The highest BCUT2D eigenvalue weighted by atomic mass is 35.5. The molecule has 4 unspecified atom stereocenters. The number of hydrogen-bond donors (Lipinski definition) is 7. The molecule has 0 bridgehead atoms. The molecule has 55 heavy (non-hydrogen) atoms. The normalized spacial score (nSPS) is 17.3. The van der Waals surface area contributed by atoms with Crippen molar-refractivity contribution in [1.82, 2.24) is 19.9 Å². The number of nitrogens with one attached hydrogen (secondary N) is 2. The first-order valence-electron chi connectivity index (χ1n) is 18.4. The van der Waals surface area contributed by atoms with Gasteiger partial charge in [-0.3, -0.25) is 4.98 Å². The summed E-state index contributed by atoms with van der Waals surface area (Å²) < 4.78 is 47.2. The fourth-order valence-corrected chi connectivity index (χ4v) is 7.73. The van der Waals surface area contributed by atoms with E-state index < -0.39 is 59.2 Å². The van der Waals surface area contributed by atoms with E-state index in [1.54, 1.807) is 12.3 Å². The number of aromatic nitrogens is 1. The van der Waals surface area contributed by atoms with Gasteiger partial charge >= 0.3 is 6.03 Å². The van der Waals surface area contributed by atoms with Crippen LogP contribution in [0.15, 0.2) is 65.8 Å². The van der Waals surface area contributed by atoms with Gasteiger partial charge in [-0.1, -0.05) is 29.8 Å². The van der Waals surface area contributed by atoms with Crippen LogP contribution in [-0.4, -0.2) is 126 Å². The van der Waals surface area contributed by atoms with E-state index in [0.717, 1.165) is 48.1 Å². The van der Waals surface area contributed by atoms with Crippen molar-refractivity contribution in [3.63, 3.8) is 0 Å². The number of aliphatic hydroxyl groups excluding tert-OH is 5. The first-order valence-corrected chi connectivity index (χ1v) is 20.2. The van der Waals surface area contributed by atoms with Gasteiger partial charge in [0.15, 0.2) is 0 Å². The van der Waals surface area contributed by atoms with Crippen LogP contribution < -0.4 is 15.4 Å². The molecular weight excluding hydrogens is 756 g/mol. The zero-order valence-electron chi connectivity index (χ0n) is 30.7. The number of amides is 2. The van der Waals surface area contributed by atoms with Gasteiger partial charge in [-0.15, -0.1) is 0 Å². The molecule has 0 spiro atoms. The highest BCUT2D eigenvalue weighted by Gasteiger charge is 2.48. The number of unbranched alkanes of at least 4 members (excludes halogenated alkanes) is 1. The number of ether oxygens (including phenoxy) is 3. The van der Waals surface area contributed by atoms with Crippen molar-refractivity contribution in [2.75, 3.05) is 46.5 Å². The molecule has 15 nitrogen and oxygen atoms in total. The number of sulfonamides is 1. The Labute approximate surface area is 326 Å². The lowest BCUT2D eigenvalue weighted by molar-refractivity contribution is -0.113. The number of methoxy groups -OCH3 is 1. The number of carbonyl (C=O) groups excluding carboxylic acids is 1. The van der Waals surface area contributed by atoms with Gasteiger partial charge in [0.25, 0.3) is 0 Å². The van der Waals surface area contributed by atoms with Crippen LogP contribution in [0.1, 0.15) is 49.7 Å². The lowest BCUT2D eigenvalue weighted by Gasteiger charge is -2.25. The standard InChI is InChI=1S/C38H51ClN4O11S/c1-52-19-18-43(17-5-4-15-41-37(49)42-22-32(45)35(47)36(48)33(46)23-44)55(50,51)27-10-11-31(39)25(20-27)24-53-38(13-14-38)30-21-40-16-12-28(30)29-6-2-3-7-34(29)54-26-8-9-26/h2-3,6-7,10-12,16,20-21,26,32-33,35-36,44-48H,4-5,8-9,13-15,17-19,22-24H2,1H3,(H2,41,42,49). The topological polar surface area (TPSA) is 220 Å². The zero-order chi connectivity index (χ0) is 39.6. The largest absolute Gasteiger partial charge is 0.490 e. The van der Waals surface area contributed by atoms with Gasteiger partial charge in [-0.25, -0.2) is 13.2 Å². The Morgan fingerprint density at radius 3 is 2.45 bits per heavy atom. The number of nitrogens with zero attached hydrogens (tertiary/aromatic N) is 2. The molecule has 2 aliphatic rings. The predicted octanol–water partition coefficient (Wildman–Crippen LogP) is 2.30. The van der Waals surface area contributed by atoms with Crippen LogP contribution in [0.4, 0.5) is 4.79 Å². The van der Waals surface area contributed by atoms with E-state index >= 15 is 0 Å². The molecule has 1 heterocycles. The van der Waals surface area contributed by atoms with Crippen molar-refractivity contribution in [3.05, 3.63) is 77.1 Å². The molecule has 1 aromatic heterocycles. The quantitative estimate of drug-likeness (QED) is 0.0687. The third-order valence-corrected chi connectivity index (χ3v) is 11.9. The molecule has 7 N–H and O–H groups in total. The van der Waals surface area contributed by atoms with Crippen LogP contribution in [0.2, 0.25) is 5.02 Å². The fourth-order valence-electron chi connectivity index (χ4n) is 6.05. The molecule has 3 aromatic rings. The Kier molecular flexibility index (Phi) is 15.2. The van der Waals surface area contributed by atoms with Crippen LogP contribution in [0.3, 0.4) is 0 Å². The van der Waals surface area contributed by atoms with Crippen LogP contribution in [0, 0.1) is 0 Å². The lowest BCUT2D eigenvalue weighted by Crippen LogP contribution is -2.50. The number of halogens is 1. The lowest BCUT2D eigenvalue weighted by atomic mass is 9.96. The summed E-state index contributed by atoms with van der Waals surface area (Å²) in [6, 6.07) is 13.8. The molecule has 0 saturated heterocycles. The number of hydrogen-bond acceptors (Lipinski definition) is 12. The Balaban J connectivity index is 1.18. The maximum Gasteiger partial charge on any atom is 0.314 e. The summed E-state index contributed by atoms with van der Waals surface area (Å²) in [5.74, 6) is 0.818. The molecule has 2 aromatic carbocycles. The molecule has 2 aliphatic carbocycles. The number of benzene rings is 2. The summed E-state index contributed by atoms with van der Waals surface area (Å²) in [5, 5.41) is 53.2. The second-order valence-electron chi connectivity index (χ2n) is 13.8. The molecule has 17 heteroatoms. The summed E-state index contributed by atoms with van der Waals surface area (Å²) in [5.41, 5.74) is 2.79. The number of para-hydroxylation sites is 1. The molecule has 2 amide bonds. The predicted molar refractivity (Wildman–Crippen MR) is 203 cm³/mol. The summed E-state index contributed by atoms with van der Waals surface area (Å²) in [4.78, 5) is 16.7. The molecular formula is C38H51ClN4O11S. The first kappa shape index (κ1) is 42.7. The van der Waals surface area contributed by atoms with Crippen molar-refractivity contribution < 1.29 is 53.0 Å². The second-order valence-corrected chi connectivity index (χ2v) is 16.2. The number of pyridine rings is 1. The third kappa shape index (κ3) is 11.3. The highest BCUT2D eigenvalue weighted by Crippen LogP contribution is 2.53. The number of rotatable bonds is 23. The maximum atomic E-state index is 13.9.